The van der Waals surface area contributed by atoms with Crippen molar-refractivity contribution in [1.82, 2.24) is 0 Å². The number of carbonyl (C=O) groups excluding carboxylic acids is 1. The Hall–Kier alpha value is -1.71. The van der Waals surface area contributed by atoms with Crippen LogP contribution in [0.15, 0.2) is 18.2 Å². The number of nitriles is 1. The number of aliphatic carboxylic acids is 1. The molecule has 0 saturated carbocycles. The maximum Gasteiger partial charge on any atom is 0.337 e. The number of hydrogen-bond donors (Lipinski definition) is 2. The summed E-state index contributed by atoms with van der Waals surface area (Å²) in [4.78, 5) is 21.4. The van der Waals surface area contributed by atoms with Crippen molar-refractivity contribution >= 4 is 27.7 Å². The third-order valence-electron chi connectivity index (χ3n) is 2.37. The summed E-state index contributed by atoms with van der Waals surface area (Å²) in [6.45, 7) is 1.38. The van der Waals surface area contributed by atoms with Gasteiger partial charge in [0, 0.05) is 5.56 Å². The van der Waals surface area contributed by atoms with E-state index in [0.29, 0.717) is 5.56 Å². The fourth-order valence-electron chi connectivity index (χ4n) is 1.43. The molecule has 2 unspecified atom stereocenters. The molecule has 94 valence electrons. The molecule has 0 radical (unpaired) electrons. The summed E-state index contributed by atoms with van der Waals surface area (Å²) in [6.07, 6.45) is -1.79. The summed E-state index contributed by atoms with van der Waals surface area (Å²) >= 11 is 3.16. The second-order valence-corrected chi connectivity index (χ2v) is 4.59. The smallest absolute Gasteiger partial charge is 0.337 e. The van der Waals surface area contributed by atoms with Gasteiger partial charge in [0.25, 0.3) is 0 Å². The Kier molecular flexibility index (Phi) is 4.59. The van der Waals surface area contributed by atoms with Crippen LogP contribution in [0.2, 0.25) is 0 Å². The van der Waals surface area contributed by atoms with Gasteiger partial charge in [-0.3, -0.25) is 4.79 Å². The van der Waals surface area contributed by atoms with Crippen molar-refractivity contribution in [2.24, 2.45) is 0 Å². The second kappa shape index (κ2) is 5.76. The topological polar surface area (TPSA) is 98.4 Å². The van der Waals surface area contributed by atoms with E-state index in [-0.39, 0.29) is 16.9 Å². The summed E-state index contributed by atoms with van der Waals surface area (Å²) in [7, 11) is 0. The SMILES string of the molecule is CC(=O)C(Br)c1ccc(C#N)c(C(O)C(=O)O)c1. The molecule has 2 N–H and O–H groups in total. The number of carboxylic acids is 1. The number of aliphatic hydroxyl groups is 1. The van der Waals surface area contributed by atoms with E-state index >= 15 is 0 Å². The van der Waals surface area contributed by atoms with Crippen LogP contribution in [0.4, 0.5) is 0 Å². The summed E-state index contributed by atoms with van der Waals surface area (Å²) in [5, 5.41) is 27.1. The van der Waals surface area contributed by atoms with E-state index in [9.17, 15) is 14.7 Å². The summed E-state index contributed by atoms with van der Waals surface area (Å²) < 4.78 is 0. The number of alkyl halides is 1. The number of halogens is 1. The van der Waals surface area contributed by atoms with Crippen LogP contribution in [0.25, 0.3) is 0 Å². The van der Waals surface area contributed by atoms with Crippen molar-refractivity contribution < 1.29 is 19.8 Å². The molecule has 0 bridgehead atoms. The molecule has 0 aliphatic carbocycles. The maximum atomic E-state index is 11.2. The molecule has 0 aromatic heterocycles. The normalized spacial score (nSPS) is 13.4. The second-order valence-electron chi connectivity index (χ2n) is 3.67. The minimum absolute atomic E-state index is 0.0202. The van der Waals surface area contributed by atoms with E-state index in [1.165, 1.54) is 25.1 Å². The fourth-order valence-corrected chi connectivity index (χ4v) is 1.72. The molecule has 0 saturated heterocycles. The van der Waals surface area contributed by atoms with Crippen LogP contribution >= 0.6 is 15.9 Å². The van der Waals surface area contributed by atoms with Gasteiger partial charge < -0.3 is 10.2 Å². The first-order chi connectivity index (χ1) is 8.38. The van der Waals surface area contributed by atoms with Gasteiger partial charge in [-0.05, 0) is 24.6 Å². The zero-order chi connectivity index (χ0) is 13.9. The van der Waals surface area contributed by atoms with Gasteiger partial charge in [0.05, 0.1) is 16.5 Å². The molecule has 0 aliphatic heterocycles. The number of rotatable bonds is 4. The van der Waals surface area contributed by atoms with Crippen molar-refractivity contribution in [1.29, 1.82) is 5.26 Å². The first-order valence-electron chi connectivity index (χ1n) is 4.97. The van der Waals surface area contributed by atoms with Gasteiger partial charge in [-0.1, -0.05) is 22.0 Å². The predicted molar refractivity (Wildman–Crippen MR) is 66.1 cm³/mol. The summed E-state index contributed by atoms with van der Waals surface area (Å²) in [5.41, 5.74) is 0.543. The zero-order valence-corrected chi connectivity index (χ0v) is 11.0. The highest BCUT2D eigenvalue weighted by atomic mass is 79.9. The lowest BCUT2D eigenvalue weighted by Crippen LogP contribution is -2.13. The van der Waals surface area contributed by atoms with Gasteiger partial charge in [-0.25, -0.2) is 4.79 Å². The molecule has 0 aliphatic rings. The monoisotopic (exact) mass is 311 g/mol. The van der Waals surface area contributed by atoms with Crippen molar-refractivity contribution in [3.63, 3.8) is 0 Å². The summed E-state index contributed by atoms with van der Waals surface area (Å²) in [5.74, 6) is -1.60. The lowest BCUT2D eigenvalue weighted by molar-refractivity contribution is -0.147. The van der Waals surface area contributed by atoms with E-state index < -0.39 is 16.9 Å². The Balaban J connectivity index is 3.31. The molecule has 0 heterocycles. The Morgan fingerprint density at radius 3 is 2.50 bits per heavy atom. The molecular weight excluding hydrogens is 302 g/mol. The lowest BCUT2D eigenvalue weighted by atomic mass is 9.98. The number of carbonyl (C=O) groups is 2. The van der Waals surface area contributed by atoms with Crippen LogP contribution in [0.5, 0.6) is 0 Å². The molecular formula is C12H10BrNO4. The number of ketones is 1. The largest absolute Gasteiger partial charge is 0.479 e. The number of hydrogen-bond acceptors (Lipinski definition) is 4. The molecule has 0 spiro atoms. The van der Waals surface area contributed by atoms with E-state index in [1.54, 1.807) is 6.07 Å². The minimum Gasteiger partial charge on any atom is -0.479 e. The van der Waals surface area contributed by atoms with Gasteiger partial charge in [0.15, 0.2) is 6.10 Å². The number of carboxylic acid groups (broad SMARTS) is 1. The van der Waals surface area contributed by atoms with Crippen molar-refractivity contribution in [3.8, 4) is 6.07 Å². The zero-order valence-electron chi connectivity index (χ0n) is 9.42. The third-order valence-corrected chi connectivity index (χ3v) is 3.55. The molecule has 1 aromatic carbocycles. The van der Waals surface area contributed by atoms with Crippen LogP contribution in [-0.4, -0.2) is 22.0 Å². The number of nitrogens with zero attached hydrogens (tertiary/aromatic N) is 1. The molecule has 6 heteroatoms. The minimum atomic E-state index is -1.79. The Labute approximate surface area is 112 Å². The van der Waals surface area contributed by atoms with E-state index in [1.807, 2.05) is 0 Å². The Morgan fingerprint density at radius 2 is 2.06 bits per heavy atom. The number of benzene rings is 1. The van der Waals surface area contributed by atoms with Crippen molar-refractivity contribution in [3.05, 3.63) is 34.9 Å². The Morgan fingerprint density at radius 1 is 1.44 bits per heavy atom. The number of aliphatic hydroxyl groups excluding tert-OH is 1. The van der Waals surface area contributed by atoms with Gasteiger partial charge in [-0.2, -0.15) is 5.26 Å². The molecule has 2 atom stereocenters. The standard InChI is InChI=1S/C12H10BrNO4/c1-6(15)10(13)7-2-3-8(5-14)9(4-7)11(16)12(17)18/h2-4,10-11,16H,1H3,(H,17,18). The molecule has 18 heavy (non-hydrogen) atoms. The first kappa shape index (κ1) is 14.4. The van der Waals surface area contributed by atoms with Gasteiger partial charge in [-0.15, -0.1) is 0 Å². The van der Waals surface area contributed by atoms with Crippen LogP contribution in [-0.2, 0) is 9.59 Å². The molecule has 1 rings (SSSR count). The highest BCUT2D eigenvalue weighted by Crippen LogP contribution is 2.28. The molecule has 0 fully saturated rings. The lowest BCUT2D eigenvalue weighted by Gasteiger charge is -2.12. The molecule has 0 amide bonds. The van der Waals surface area contributed by atoms with Crippen LogP contribution in [0.1, 0.15) is 34.5 Å². The summed E-state index contributed by atoms with van der Waals surface area (Å²) in [6, 6.07) is 6.07. The van der Waals surface area contributed by atoms with E-state index in [4.69, 9.17) is 10.4 Å². The van der Waals surface area contributed by atoms with Crippen molar-refractivity contribution in [2.75, 3.05) is 0 Å². The molecule has 1 aromatic rings. The predicted octanol–water partition coefficient (Wildman–Crippen LogP) is 1.70. The van der Waals surface area contributed by atoms with Gasteiger partial charge >= 0.3 is 5.97 Å². The van der Waals surface area contributed by atoms with E-state index in [2.05, 4.69) is 15.9 Å². The van der Waals surface area contributed by atoms with Crippen molar-refractivity contribution in [2.45, 2.75) is 17.9 Å². The Bertz CT molecular complexity index is 535. The third kappa shape index (κ3) is 2.94. The molecule has 5 nitrogen and oxygen atoms in total. The van der Waals surface area contributed by atoms with Gasteiger partial charge in [0.1, 0.15) is 5.78 Å². The van der Waals surface area contributed by atoms with Crippen LogP contribution in [0.3, 0.4) is 0 Å². The quantitative estimate of drug-likeness (QED) is 0.825. The van der Waals surface area contributed by atoms with E-state index in [0.717, 1.165) is 0 Å². The van der Waals surface area contributed by atoms with Gasteiger partial charge in [0.2, 0.25) is 0 Å². The average Bonchev–Trinajstić information content (AvgIpc) is 2.35. The van der Waals surface area contributed by atoms with Crippen LogP contribution in [0, 0.1) is 11.3 Å². The highest BCUT2D eigenvalue weighted by molar-refractivity contribution is 9.09. The maximum absolute atomic E-state index is 11.2. The highest BCUT2D eigenvalue weighted by Gasteiger charge is 2.22. The number of Topliss-reactive ketones (excluding diaryl/α,β-unsaturated/α-hetero) is 1. The average molecular weight is 312 g/mol. The first-order valence-corrected chi connectivity index (χ1v) is 5.89. The fraction of sp³-hybridized carbons (Fsp3) is 0.250. The van der Waals surface area contributed by atoms with Crippen LogP contribution < -0.4 is 0 Å².